The van der Waals surface area contributed by atoms with Crippen LogP contribution in [0.2, 0.25) is 10.2 Å². The van der Waals surface area contributed by atoms with E-state index >= 15 is 0 Å². The van der Waals surface area contributed by atoms with Crippen LogP contribution in [0, 0.1) is 0 Å². The molecule has 3 nitrogen and oxygen atoms in total. The lowest BCUT2D eigenvalue weighted by Gasteiger charge is -2.13. The zero-order valence-corrected chi connectivity index (χ0v) is 12.2. The van der Waals surface area contributed by atoms with Gasteiger partial charge in [0.2, 0.25) is 5.88 Å². The van der Waals surface area contributed by atoms with Gasteiger partial charge < -0.3 is 4.74 Å². The number of benzene rings is 1. The molecular formula is C14H14Cl2N2O. The number of ether oxygens (including phenoxy) is 1. The average molecular weight is 297 g/mol. The van der Waals surface area contributed by atoms with Crippen LogP contribution in [0.5, 0.6) is 5.88 Å². The highest BCUT2D eigenvalue weighted by Crippen LogP contribution is 2.30. The van der Waals surface area contributed by atoms with E-state index in [4.69, 9.17) is 27.9 Å². The summed E-state index contributed by atoms with van der Waals surface area (Å²) in [6.07, 6.45) is 1.40. The van der Waals surface area contributed by atoms with Gasteiger partial charge in [-0.3, -0.25) is 0 Å². The van der Waals surface area contributed by atoms with Crippen LogP contribution in [0.1, 0.15) is 30.9 Å². The molecule has 0 saturated carbocycles. The lowest BCUT2D eigenvalue weighted by atomic mass is 10.1. The fourth-order valence-electron chi connectivity index (χ4n) is 1.72. The normalized spacial score (nSPS) is 10.8. The van der Waals surface area contributed by atoms with Crippen molar-refractivity contribution in [2.24, 2.45) is 0 Å². The molecule has 0 unspecified atom stereocenters. The molecule has 2 rings (SSSR count). The summed E-state index contributed by atoms with van der Waals surface area (Å²) in [6.45, 7) is 4.40. The van der Waals surface area contributed by atoms with E-state index in [0.29, 0.717) is 22.7 Å². The van der Waals surface area contributed by atoms with Crippen molar-refractivity contribution in [3.63, 3.8) is 0 Å². The van der Waals surface area contributed by atoms with E-state index in [9.17, 15) is 0 Å². The Hall–Kier alpha value is -1.32. The monoisotopic (exact) mass is 296 g/mol. The van der Waals surface area contributed by atoms with Gasteiger partial charge in [-0.1, -0.05) is 55.2 Å². The van der Waals surface area contributed by atoms with E-state index < -0.39 is 0 Å². The molecule has 1 aromatic heterocycles. The second-order valence-corrected chi connectivity index (χ2v) is 5.18. The van der Waals surface area contributed by atoms with E-state index in [1.165, 1.54) is 6.33 Å². The minimum absolute atomic E-state index is 0.190. The van der Waals surface area contributed by atoms with Gasteiger partial charge in [0.05, 0.1) is 5.56 Å². The largest absolute Gasteiger partial charge is 0.472 e. The highest BCUT2D eigenvalue weighted by atomic mass is 35.5. The summed E-state index contributed by atoms with van der Waals surface area (Å²) in [4.78, 5) is 8.13. The molecule has 19 heavy (non-hydrogen) atoms. The maximum absolute atomic E-state index is 6.09. The minimum atomic E-state index is 0.190. The van der Waals surface area contributed by atoms with Crippen LogP contribution in [-0.4, -0.2) is 9.97 Å². The molecule has 0 aliphatic carbocycles. The van der Waals surface area contributed by atoms with Gasteiger partial charge in [-0.2, -0.15) is 0 Å². The fraction of sp³-hybridized carbons (Fsp3) is 0.286. The molecule has 0 bridgehead atoms. The van der Waals surface area contributed by atoms with Crippen LogP contribution >= 0.6 is 23.2 Å². The lowest BCUT2D eigenvalue weighted by molar-refractivity contribution is 0.288. The Balaban J connectivity index is 2.21. The van der Waals surface area contributed by atoms with E-state index in [1.54, 1.807) is 0 Å². The zero-order valence-electron chi connectivity index (χ0n) is 10.7. The topological polar surface area (TPSA) is 35.0 Å². The summed E-state index contributed by atoms with van der Waals surface area (Å²) in [5.41, 5.74) is 1.73. The smallest absolute Gasteiger partial charge is 0.221 e. The number of rotatable bonds is 4. The van der Waals surface area contributed by atoms with E-state index in [0.717, 1.165) is 11.1 Å². The first-order chi connectivity index (χ1) is 9.09. The van der Waals surface area contributed by atoms with Gasteiger partial charge in [0, 0.05) is 10.6 Å². The summed E-state index contributed by atoms with van der Waals surface area (Å²) in [7, 11) is 0. The van der Waals surface area contributed by atoms with Gasteiger partial charge in [-0.05, 0) is 12.0 Å². The van der Waals surface area contributed by atoms with Crippen LogP contribution in [0.25, 0.3) is 0 Å². The van der Waals surface area contributed by atoms with Crippen molar-refractivity contribution in [1.29, 1.82) is 0 Å². The molecule has 5 heteroatoms. The summed E-state index contributed by atoms with van der Waals surface area (Å²) in [5, 5.41) is 1.10. The Labute approximate surface area is 122 Å². The summed E-state index contributed by atoms with van der Waals surface area (Å²) in [6, 6.07) is 7.55. The molecule has 0 aliphatic heterocycles. The number of nitrogens with zero attached hydrogens (tertiary/aromatic N) is 2. The highest BCUT2D eigenvalue weighted by molar-refractivity contribution is 6.31. The third-order valence-electron chi connectivity index (χ3n) is 2.70. The quantitative estimate of drug-likeness (QED) is 0.780. The molecule has 0 N–H and O–H groups in total. The van der Waals surface area contributed by atoms with Gasteiger partial charge in [-0.15, -0.1) is 0 Å². The molecule has 0 fully saturated rings. The Bertz CT molecular complexity index is 573. The molecule has 0 saturated heterocycles. The Kier molecular flexibility index (Phi) is 4.61. The summed E-state index contributed by atoms with van der Waals surface area (Å²) >= 11 is 12.2. The predicted octanol–water partition coefficient (Wildman–Crippen LogP) is 4.49. The molecule has 100 valence electrons. The Morgan fingerprint density at radius 1 is 1.16 bits per heavy atom. The van der Waals surface area contributed by atoms with Crippen LogP contribution in [0.4, 0.5) is 0 Å². The van der Waals surface area contributed by atoms with Crippen LogP contribution in [0.3, 0.4) is 0 Å². The maximum Gasteiger partial charge on any atom is 0.221 e. The van der Waals surface area contributed by atoms with E-state index in [-0.39, 0.29) is 5.92 Å². The van der Waals surface area contributed by atoms with E-state index in [2.05, 4.69) is 9.97 Å². The predicted molar refractivity (Wildman–Crippen MR) is 76.9 cm³/mol. The highest BCUT2D eigenvalue weighted by Gasteiger charge is 2.15. The van der Waals surface area contributed by atoms with Gasteiger partial charge in [-0.25, -0.2) is 9.97 Å². The first-order valence-corrected chi connectivity index (χ1v) is 6.71. The maximum atomic E-state index is 6.09. The third kappa shape index (κ3) is 3.37. The van der Waals surface area contributed by atoms with Crippen LogP contribution < -0.4 is 4.74 Å². The van der Waals surface area contributed by atoms with Crippen molar-refractivity contribution in [2.75, 3.05) is 0 Å². The molecule has 0 atom stereocenters. The standard InChI is InChI=1S/C14H14Cl2N2O/c1-9(2)12-13(16)17-8-18-14(12)19-7-10-5-3-4-6-11(10)15/h3-6,8-9H,7H2,1-2H3. The van der Waals surface area contributed by atoms with Gasteiger partial charge >= 0.3 is 0 Å². The van der Waals surface area contributed by atoms with Crippen LogP contribution in [0.15, 0.2) is 30.6 Å². The fourth-order valence-corrected chi connectivity index (χ4v) is 2.25. The van der Waals surface area contributed by atoms with Gasteiger partial charge in [0.25, 0.3) is 0 Å². The number of halogens is 2. The summed E-state index contributed by atoms with van der Waals surface area (Å²) < 4.78 is 5.73. The zero-order chi connectivity index (χ0) is 13.8. The van der Waals surface area contributed by atoms with Crippen molar-refractivity contribution in [3.8, 4) is 5.88 Å². The van der Waals surface area contributed by atoms with Crippen molar-refractivity contribution in [1.82, 2.24) is 9.97 Å². The molecule has 0 radical (unpaired) electrons. The van der Waals surface area contributed by atoms with Crippen molar-refractivity contribution in [2.45, 2.75) is 26.4 Å². The number of hydrogen-bond acceptors (Lipinski definition) is 3. The molecule has 1 heterocycles. The third-order valence-corrected chi connectivity index (χ3v) is 3.37. The van der Waals surface area contributed by atoms with E-state index in [1.807, 2.05) is 38.1 Å². The van der Waals surface area contributed by atoms with Crippen molar-refractivity contribution >= 4 is 23.2 Å². The molecule has 1 aromatic carbocycles. The lowest BCUT2D eigenvalue weighted by Crippen LogP contribution is -2.04. The molecule has 0 spiro atoms. The first kappa shape index (κ1) is 14.1. The molecular weight excluding hydrogens is 283 g/mol. The molecule has 0 aliphatic rings. The second kappa shape index (κ2) is 6.22. The van der Waals surface area contributed by atoms with Crippen molar-refractivity contribution in [3.05, 3.63) is 51.9 Å². The number of hydrogen-bond donors (Lipinski definition) is 0. The Morgan fingerprint density at radius 3 is 2.58 bits per heavy atom. The second-order valence-electron chi connectivity index (χ2n) is 4.42. The molecule has 2 aromatic rings. The minimum Gasteiger partial charge on any atom is -0.472 e. The van der Waals surface area contributed by atoms with Gasteiger partial charge in [0.15, 0.2) is 0 Å². The first-order valence-electron chi connectivity index (χ1n) is 5.96. The summed E-state index contributed by atoms with van der Waals surface area (Å²) in [5.74, 6) is 0.699. The van der Waals surface area contributed by atoms with Gasteiger partial charge in [0.1, 0.15) is 18.1 Å². The van der Waals surface area contributed by atoms with Crippen molar-refractivity contribution < 1.29 is 4.74 Å². The average Bonchev–Trinajstić information content (AvgIpc) is 2.37. The SMILES string of the molecule is CC(C)c1c(Cl)ncnc1OCc1ccccc1Cl. The Morgan fingerprint density at radius 2 is 1.89 bits per heavy atom. The number of aromatic nitrogens is 2. The molecule has 0 amide bonds. The van der Waals surface area contributed by atoms with Crippen LogP contribution in [-0.2, 0) is 6.61 Å².